The summed E-state index contributed by atoms with van der Waals surface area (Å²) >= 11 is 1.58. The van der Waals surface area contributed by atoms with Crippen molar-refractivity contribution in [2.45, 2.75) is 98.9 Å². The number of anilines is 1. The number of thioether (sulfide) groups is 1. The van der Waals surface area contributed by atoms with E-state index in [2.05, 4.69) is 10.6 Å². The van der Waals surface area contributed by atoms with Crippen LogP contribution in [0.25, 0.3) is 0 Å². The van der Waals surface area contributed by atoms with Gasteiger partial charge in [0.15, 0.2) is 0 Å². The van der Waals surface area contributed by atoms with Gasteiger partial charge < -0.3 is 20.3 Å². The second-order valence-electron chi connectivity index (χ2n) is 12.4. The number of nitrogens with one attached hydrogen (secondary N) is 2. The van der Waals surface area contributed by atoms with E-state index in [0.29, 0.717) is 12.2 Å². The summed E-state index contributed by atoms with van der Waals surface area (Å²) in [4.78, 5) is 43.1. The fraction of sp³-hybridized carbons (Fsp3) is 0.531. The zero-order valence-electron chi connectivity index (χ0n) is 26.0. The van der Waals surface area contributed by atoms with Crippen LogP contribution in [0.2, 0.25) is 0 Å². The average molecular weight is 570 g/mol. The molecule has 0 heterocycles. The third-order valence-corrected chi connectivity index (χ3v) is 7.16. The van der Waals surface area contributed by atoms with Crippen molar-refractivity contribution in [3.63, 3.8) is 0 Å². The molecule has 3 amide bonds. The standard InChI is InChI=1S/C32H47N3O4S/c1-20-15-16-24(23(4)19-20)27(28(36)34-26-21(2)13-12-14-22(26)3)35(31(5,6)7)29(37)25(17-18-40-11)33-30(38)39-32(8,9)10/h12-16,19,25,27H,17-18H2,1-11H3,(H,33,38)(H,34,36). The van der Waals surface area contributed by atoms with E-state index < -0.39 is 29.3 Å². The lowest BCUT2D eigenvalue weighted by Gasteiger charge is -2.43. The minimum absolute atomic E-state index is 0.312. The highest BCUT2D eigenvalue weighted by Gasteiger charge is 2.42. The van der Waals surface area contributed by atoms with Crippen LogP contribution in [0.1, 0.15) is 81.8 Å². The van der Waals surface area contributed by atoms with Gasteiger partial charge in [-0.15, -0.1) is 0 Å². The molecule has 2 aromatic rings. The SMILES string of the molecule is CSCCC(NC(=O)OC(C)(C)C)C(=O)N(C(C(=O)Nc1c(C)cccc1C)c1ccc(C)cc1C)C(C)(C)C. The second-order valence-corrected chi connectivity index (χ2v) is 13.4. The predicted molar refractivity (Wildman–Crippen MR) is 166 cm³/mol. The molecule has 0 aliphatic rings. The van der Waals surface area contributed by atoms with Gasteiger partial charge in [-0.2, -0.15) is 11.8 Å². The van der Waals surface area contributed by atoms with E-state index in [-0.39, 0.29) is 11.8 Å². The minimum atomic E-state index is -0.940. The smallest absolute Gasteiger partial charge is 0.408 e. The Kier molecular flexibility index (Phi) is 11.3. The van der Waals surface area contributed by atoms with Gasteiger partial charge in [0.1, 0.15) is 17.7 Å². The Balaban J connectivity index is 2.66. The molecule has 220 valence electrons. The fourth-order valence-corrected chi connectivity index (χ4v) is 5.16. The van der Waals surface area contributed by atoms with Crippen molar-refractivity contribution in [2.75, 3.05) is 17.3 Å². The van der Waals surface area contributed by atoms with Gasteiger partial charge in [-0.1, -0.05) is 42.0 Å². The molecule has 0 fully saturated rings. The van der Waals surface area contributed by atoms with Crippen molar-refractivity contribution in [1.82, 2.24) is 10.2 Å². The Bertz CT molecular complexity index is 1190. The number of benzene rings is 2. The van der Waals surface area contributed by atoms with E-state index in [4.69, 9.17) is 4.74 Å². The number of ether oxygens (including phenoxy) is 1. The Morgan fingerprint density at radius 3 is 2.02 bits per heavy atom. The first kappa shape index (κ1) is 33.2. The van der Waals surface area contributed by atoms with Crippen molar-refractivity contribution >= 4 is 35.4 Å². The quantitative estimate of drug-likeness (QED) is 0.344. The highest BCUT2D eigenvalue weighted by molar-refractivity contribution is 7.98. The molecule has 2 N–H and O–H groups in total. The van der Waals surface area contributed by atoms with Gasteiger partial charge in [0, 0.05) is 11.2 Å². The Morgan fingerprint density at radius 1 is 0.925 bits per heavy atom. The lowest BCUT2D eigenvalue weighted by atomic mass is 9.91. The first-order valence-corrected chi connectivity index (χ1v) is 15.1. The van der Waals surface area contributed by atoms with Gasteiger partial charge in [-0.25, -0.2) is 4.79 Å². The summed E-state index contributed by atoms with van der Waals surface area (Å²) in [5.41, 5.74) is 3.83. The largest absolute Gasteiger partial charge is 0.444 e. The maximum Gasteiger partial charge on any atom is 0.408 e. The number of aryl methyl sites for hydroxylation is 4. The summed E-state index contributed by atoms with van der Waals surface area (Å²) in [7, 11) is 0. The van der Waals surface area contributed by atoms with E-state index in [1.54, 1.807) is 37.4 Å². The molecule has 2 unspecified atom stereocenters. The third-order valence-electron chi connectivity index (χ3n) is 6.52. The predicted octanol–water partition coefficient (Wildman–Crippen LogP) is 6.87. The molecule has 0 radical (unpaired) electrons. The number of nitrogens with zero attached hydrogens (tertiary/aromatic N) is 1. The zero-order valence-corrected chi connectivity index (χ0v) is 26.8. The van der Waals surface area contributed by atoms with E-state index in [1.807, 2.05) is 91.1 Å². The van der Waals surface area contributed by atoms with Crippen molar-refractivity contribution < 1.29 is 19.1 Å². The van der Waals surface area contributed by atoms with Crippen LogP contribution in [-0.4, -0.2) is 52.0 Å². The summed E-state index contributed by atoms with van der Waals surface area (Å²) in [6.07, 6.45) is 1.68. The van der Waals surface area contributed by atoms with Gasteiger partial charge in [-0.05, 0) is 110 Å². The normalized spacial score (nSPS) is 13.3. The Labute approximate surface area is 244 Å². The van der Waals surface area contributed by atoms with Crippen LogP contribution < -0.4 is 10.6 Å². The molecule has 2 rings (SSSR count). The number of para-hydroxylation sites is 1. The van der Waals surface area contributed by atoms with Crippen LogP contribution in [0.5, 0.6) is 0 Å². The summed E-state index contributed by atoms with van der Waals surface area (Å²) < 4.78 is 5.49. The summed E-state index contributed by atoms with van der Waals surface area (Å²) in [6.45, 7) is 18.9. The van der Waals surface area contributed by atoms with Crippen LogP contribution in [0.15, 0.2) is 36.4 Å². The van der Waals surface area contributed by atoms with Gasteiger partial charge in [0.05, 0.1) is 0 Å². The number of hydrogen-bond acceptors (Lipinski definition) is 5. The lowest BCUT2D eigenvalue weighted by molar-refractivity contribution is -0.146. The van der Waals surface area contributed by atoms with Crippen molar-refractivity contribution in [3.05, 3.63) is 64.2 Å². The van der Waals surface area contributed by atoms with Crippen LogP contribution >= 0.6 is 11.8 Å². The second kappa shape index (κ2) is 13.6. The molecule has 0 aromatic heterocycles. The monoisotopic (exact) mass is 569 g/mol. The van der Waals surface area contributed by atoms with Crippen LogP contribution in [0.4, 0.5) is 10.5 Å². The number of carbonyl (C=O) groups is 3. The molecule has 0 bridgehead atoms. The van der Waals surface area contributed by atoms with Crippen LogP contribution in [-0.2, 0) is 14.3 Å². The van der Waals surface area contributed by atoms with Crippen molar-refractivity contribution in [1.29, 1.82) is 0 Å². The fourth-order valence-electron chi connectivity index (χ4n) is 4.69. The third kappa shape index (κ3) is 9.01. The number of hydrogen-bond donors (Lipinski definition) is 2. The minimum Gasteiger partial charge on any atom is -0.444 e. The topological polar surface area (TPSA) is 87.7 Å². The molecular formula is C32H47N3O4S. The maximum absolute atomic E-state index is 14.4. The Hall–Kier alpha value is -3.00. The lowest BCUT2D eigenvalue weighted by Crippen LogP contribution is -2.58. The zero-order chi connectivity index (χ0) is 30.4. The van der Waals surface area contributed by atoms with Gasteiger partial charge in [0.2, 0.25) is 5.91 Å². The van der Waals surface area contributed by atoms with E-state index in [9.17, 15) is 14.4 Å². The summed E-state index contributed by atoms with van der Waals surface area (Å²) in [5.74, 6) is -0.00457. The molecule has 0 saturated heterocycles. The van der Waals surface area contributed by atoms with Crippen LogP contribution in [0.3, 0.4) is 0 Å². The molecule has 7 nitrogen and oxygen atoms in total. The van der Waals surface area contributed by atoms with E-state index in [0.717, 1.165) is 33.5 Å². The number of amides is 3. The molecule has 0 spiro atoms. The van der Waals surface area contributed by atoms with Crippen LogP contribution in [0, 0.1) is 27.7 Å². The van der Waals surface area contributed by atoms with E-state index in [1.165, 1.54) is 0 Å². The Morgan fingerprint density at radius 2 is 1.52 bits per heavy atom. The van der Waals surface area contributed by atoms with E-state index >= 15 is 0 Å². The highest BCUT2D eigenvalue weighted by atomic mass is 32.2. The maximum atomic E-state index is 14.4. The molecule has 2 aromatic carbocycles. The van der Waals surface area contributed by atoms with Crippen molar-refractivity contribution in [3.8, 4) is 0 Å². The average Bonchev–Trinajstić information content (AvgIpc) is 2.80. The first-order valence-electron chi connectivity index (χ1n) is 13.7. The first-order chi connectivity index (χ1) is 18.5. The molecule has 2 atom stereocenters. The molecular weight excluding hydrogens is 522 g/mol. The van der Waals surface area contributed by atoms with Gasteiger partial charge in [-0.3, -0.25) is 9.59 Å². The molecule has 0 saturated carbocycles. The molecule has 0 aliphatic heterocycles. The number of alkyl carbamates (subject to hydrolysis) is 1. The van der Waals surface area contributed by atoms with Crippen molar-refractivity contribution in [2.24, 2.45) is 0 Å². The van der Waals surface area contributed by atoms with Gasteiger partial charge >= 0.3 is 6.09 Å². The summed E-state index contributed by atoms with van der Waals surface area (Å²) in [6, 6.07) is 9.93. The molecule has 40 heavy (non-hydrogen) atoms. The van der Waals surface area contributed by atoms with Gasteiger partial charge in [0.25, 0.3) is 5.91 Å². The number of carbonyl (C=O) groups excluding carboxylic acids is 3. The molecule has 8 heteroatoms. The highest BCUT2D eigenvalue weighted by Crippen LogP contribution is 2.34. The molecule has 0 aliphatic carbocycles. The summed E-state index contributed by atoms with van der Waals surface area (Å²) in [5, 5.41) is 5.93. The number of rotatable bonds is 9.